The second kappa shape index (κ2) is 6.93. The second-order valence-corrected chi connectivity index (χ2v) is 6.52. The summed E-state index contributed by atoms with van der Waals surface area (Å²) in [5.74, 6) is 0. The van der Waals surface area contributed by atoms with Crippen molar-refractivity contribution in [2.45, 2.75) is 39.3 Å². The maximum atomic E-state index is 9.44. The molecule has 0 aliphatic carbocycles. The Bertz CT molecular complexity index is 506. The highest BCUT2D eigenvalue weighted by molar-refractivity contribution is 5.60. The van der Waals surface area contributed by atoms with Gasteiger partial charge in [0.15, 0.2) is 0 Å². The van der Waals surface area contributed by atoms with Crippen LogP contribution in [0.1, 0.15) is 38.3 Å². The Kier molecular flexibility index (Phi) is 5.22. The maximum absolute atomic E-state index is 9.44. The van der Waals surface area contributed by atoms with Crippen LogP contribution < -0.4 is 10.2 Å². The monoisotopic (exact) mass is 287 g/mol. The number of nitriles is 1. The molecule has 1 aliphatic heterocycles. The quantitative estimate of drug-likeness (QED) is 0.928. The standard InChI is InChI=1S/C17H25N3O/c1-17(2,3)19-13-14-5-6-16(15(11-14)12-18)20-7-4-9-21-10-8-20/h5-6,11,19H,4,7-10,13H2,1-3H3. The molecule has 0 bridgehead atoms. The molecule has 1 aromatic carbocycles. The van der Waals surface area contributed by atoms with Crippen molar-refractivity contribution in [1.82, 2.24) is 5.32 Å². The van der Waals surface area contributed by atoms with Crippen molar-refractivity contribution in [2.75, 3.05) is 31.2 Å². The summed E-state index contributed by atoms with van der Waals surface area (Å²) in [5, 5.41) is 12.9. The normalized spacial score (nSPS) is 16.4. The average molecular weight is 287 g/mol. The van der Waals surface area contributed by atoms with Crippen LogP contribution >= 0.6 is 0 Å². The third kappa shape index (κ3) is 4.73. The van der Waals surface area contributed by atoms with Crippen LogP contribution in [0.2, 0.25) is 0 Å². The fourth-order valence-corrected chi connectivity index (χ4v) is 2.41. The Balaban J connectivity index is 2.14. The number of rotatable bonds is 3. The van der Waals surface area contributed by atoms with Crippen LogP contribution in [0.3, 0.4) is 0 Å². The lowest BCUT2D eigenvalue weighted by atomic mass is 10.1. The Morgan fingerprint density at radius 2 is 2.10 bits per heavy atom. The minimum absolute atomic E-state index is 0.0770. The average Bonchev–Trinajstić information content (AvgIpc) is 2.73. The lowest BCUT2D eigenvalue weighted by molar-refractivity contribution is 0.152. The first-order valence-corrected chi connectivity index (χ1v) is 7.60. The highest BCUT2D eigenvalue weighted by Gasteiger charge is 2.15. The molecule has 114 valence electrons. The van der Waals surface area contributed by atoms with E-state index in [-0.39, 0.29) is 5.54 Å². The summed E-state index contributed by atoms with van der Waals surface area (Å²) in [6.45, 7) is 10.6. The van der Waals surface area contributed by atoms with Crippen molar-refractivity contribution in [3.63, 3.8) is 0 Å². The van der Waals surface area contributed by atoms with Crippen molar-refractivity contribution < 1.29 is 4.74 Å². The third-order valence-corrected chi connectivity index (χ3v) is 3.57. The van der Waals surface area contributed by atoms with Crippen molar-refractivity contribution in [3.8, 4) is 6.07 Å². The van der Waals surface area contributed by atoms with Crippen molar-refractivity contribution in [2.24, 2.45) is 0 Å². The Morgan fingerprint density at radius 3 is 2.81 bits per heavy atom. The molecule has 0 radical (unpaired) electrons. The van der Waals surface area contributed by atoms with Gasteiger partial charge >= 0.3 is 0 Å². The molecule has 4 heteroatoms. The molecule has 1 saturated heterocycles. The Morgan fingerprint density at radius 1 is 1.29 bits per heavy atom. The highest BCUT2D eigenvalue weighted by atomic mass is 16.5. The predicted octanol–water partition coefficient (Wildman–Crippen LogP) is 2.67. The molecule has 1 heterocycles. The van der Waals surface area contributed by atoms with Crippen molar-refractivity contribution >= 4 is 5.69 Å². The Labute approximate surface area is 127 Å². The Hall–Kier alpha value is -1.57. The van der Waals surface area contributed by atoms with E-state index in [0.717, 1.165) is 56.1 Å². The van der Waals surface area contributed by atoms with Crippen molar-refractivity contribution in [3.05, 3.63) is 29.3 Å². The van der Waals surface area contributed by atoms with Gasteiger partial charge in [-0.3, -0.25) is 0 Å². The van der Waals surface area contributed by atoms with E-state index in [0.29, 0.717) is 0 Å². The molecule has 0 amide bonds. The third-order valence-electron chi connectivity index (χ3n) is 3.57. The molecular weight excluding hydrogens is 262 g/mol. The van der Waals surface area contributed by atoms with Gasteiger partial charge in [0, 0.05) is 31.8 Å². The summed E-state index contributed by atoms with van der Waals surface area (Å²) in [6, 6.07) is 8.53. The molecule has 4 nitrogen and oxygen atoms in total. The molecular formula is C17H25N3O. The number of benzene rings is 1. The van der Waals surface area contributed by atoms with Crippen LogP contribution in [0.4, 0.5) is 5.69 Å². The SMILES string of the molecule is CC(C)(C)NCc1ccc(N2CCCOCC2)c(C#N)c1. The van der Waals surface area contributed by atoms with Gasteiger partial charge < -0.3 is 15.0 Å². The van der Waals surface area contributed by atoms with Gasteiger partial charge in [0.2, 0.25) is 0 Å². The van der Waals surface area contributed by atoms with Crippen LogP contribution in [0.25, 0.3) is 0 Å². The van der Waals surface area contributed by atoms with Gasteiger partial charge in [-0.05, 0) is 44.9 Å². The van der Waals surface area contributed by atoms with E-state index >= 15 is 0 Å². The number of nitrogens with one attached hydrogen (secondary N) is 1. The van der Waals surface area contributed by atoms with E-state index in [4.69, 9.17) is 4.74 Å². The molecule has 0 aromatic heterocycles. The molecule has 2 rings (SSSR count). The van der Waals surface area contributed by atoms with Crippen LogP contribution in [-0.4, -0.2) is 31.8 Å². The first-order chi connectivity index (χ1) is 9.99. The van der Waals surface area contributed by atoms with Crippen LogP contribution in [-0.2, 0) is 11.3 Å². The molecule has 0 saturated carbocycles. The number of nitrogens with zero attached hydrogens (tertiary/aromatic N) is 2. The summed E-state index contributed by atoms with van der Waals surface area (Å²) < 4.78 is 5.48. The fourth-order valence-electron chi connectivity index (χ4n) is 2.41. The fraction of sp³-hybridized carbons (Fsp3) is 0.588. The smallest absolute Gasteiger partial charge is 0.101 e. The summed E-state index contributed by atoms with van der Waals surface area (Å²) in [5.41, 5.74) is 3.01. The van der Waals surface area contributed by atoms with Gasteiger partial charge in [-0.2, -0.15) is 5.26 Å². The maximum Gasteiger partial charge on any atom is 0.101 e. The first-order valence-electron chi connectivity index (χ1n) is 7.60. The molecule has 21 heavy (non-hydrogen) atoms. The van der Waals surface area contributed by atoms with E-state index in [2.05, 4.69) is 49.2 Å². The molecule has 0 atom stereocenters. The largest absolute Gasteiger partial charge is 0.380 e. The van der Waals surface area contributed by atoms with E-state index in [1.807, 2.05) is 6.07 Å². The van der Waals surface area contributed by atoms with Crippen LogP contribution in [0, 0.1) is 11.3 Å². The molecule has 0 spiro atoms. The zero-order chi connectivity index (χ0) is 15.3. The van der Waals surface area contributed by atoms with E-state index < -0.39 is 0 Å². The van der Waals surface area contributed by atoms with Gasteiger partial charge in [0.25, 0.3) is 0 Å². The summed E-state index contributed by atoms with van der Waals surface area (Å²) in [7, 11) is 0. The first kappa shape index (κ1) is 15.8. The van der Waals surface area contributed by atoms with Crippen LogP contribution in [0.15, 0.2) is 18.2 Å². The summed E-state index contributed by atoms with van der Waals surface area (Å²) in [4.78, 5) is 2.26. The molecule has 1 fully saturated rings. The molecule has 1 aromatic rings. The van der Waals surface area contributed by atoms with E-state index in [9.17, 15) is 5.26 Å². The number of ether oxygens (including phenoxy) is 1. The summed E-state index contributed by atoms with van der Waals surface area (Å²) in [6.07, 6.45) is 1.01. The number of hydrogen-bond acceptors (Lipinski definition) is 4. The zero-order valence-corrected chi connectivity index (χ0v) is 13.3. The van der Waals surface area contributed by atoms with Gasteiger partial charge in [-0.1, -0.05) is 6.07 Å². The van der Waals surface area contributed by atoms with Gasteiger partial charge in [-0.15, -0.1) is 0 Å². The van der Waals surface area contributed by atoms with Crippen molar-refractivity contribution in [1.29, 1.82) is 5.26 Å². The number of anilines is 1. The minimum Gasteiger partial charge on any atom is -0.380 e. The predicted molar refractivity (Wildman–Crippen MR) is 85.4 cm³/mol. The van der Waals surface area contributed by atoms with Gasteiger partial charge in [0.1, 0.15) is 6.07 Å². The lowest BCUT2D eigenvalue weighted by Crippen LogP contribution is -2.35. The highest BCUT2D eigenvalue weighted by Crippen LogP contribution is 2.23. The molecule has 1 aliphatic rings. The minimum atomic E-state index is 0.0770. The molecule has 1 N–H and O–H groups in total. The molecule has 0 unspecified atom stereocenters. The van der Waals surface area contributed by atoms with Crippen LogP contribution in [0.5, 0.6) is 0 Å². The zero-order valence-electron chi connectivity index (χ0n) is 13.3. The van der Waals surface area contributed by atoms with E-state index in [1.54, 1.807) is 0 Å². The number of hydrogen-bond donors (Lipinski definition) is 1. The van der Waals surface area contributed by atoms with Gasteiger partial charge in [0.05, 0.1) is 17.9 Å². The second-order valence-electron chi connectivity index (χ2n) is 6.52. The topological polar surface area (TPSA) is 48.3 Å². The van der Waals surface area contributed by atoms with E-state index in [1.165, 1.54) is 0 Å². The van der Waals surface area contributed by atoms with Gasteiger partial charge in [-0.25, -0.2) is 0 Å². The lowest BCUT2D eigenvalue weighted by Gasteiger charge is -2.24. The summed E-state index contributed by atoms with van der Waals surface area (Å²) >= 11 is 0.